The Balaban J connectivity index is 2.26. The zero-order valence-electron chi connectivity index (χ0n) is 12.4. The molecule has 0 amide bonds. The smallest absolute Gasteiger partial charge is 0.307 e. The van der Waals surface area contributed by atoms with Gasteiger partial charge in [-0.15, -0.1) is 11.3 Å². The van der Waals surface area contributed by atoms with E-state index in [4.69, 9.17) is 0 Å². The van der Waals surface area contributed by atoms with Gasteiger partial charge >= 0.3 is 5.97 Å². The molecule has 112 valence electrons. The highest BCUT2D eigenvalue weighted by Crippen LogP contribution is 2.16. The summed E-state index contributed by atoms with van der Waals surface area (Å²) in [6.45, 7) is 5.36. The Labute approximate surface area is 123 Å². The fourth-order valence-corrected chi connectivity index (χ4v) is 2.47. The monoisotopic (exact) mass is 298 g/mol. The maximum atomic E-state index is 11.0. The van der Waals surface area contributed by atoms with Crippen molar-refractivity contribution in [2.24, 2.45) is 4.99 Å². The van der Waals surface area contributed by atoms with E-state index in [-0.39, 0.29) is 5.97 Å². The molecule has 0 aromatic carbocycles. The van der Waals surface area contributed by atoms with Crippen molar-refractivity contribution in [3.8, 4) is 0 Å². The summed E-state index contributed by atoms with van der Waals surface area (Å²) in [5, 5.41) is 7.37. The number of hydrogen-bond donors (Lipinski definition) is 2. The molecule has 0 fully saturated rings. The summed E-state index contributed by atoms with van der Waals surface area (Å²) in [7, 11) is 3.08. The van der Waals surface area contributed by atoms with Crippen LogP contribution in [0.4, 0.5) is 0 Å². The third kappa shape index (κ3) is 5.56. The predicted octanol–water partition coefficient (Wildman–Crippen LogP) is 1.03. The van der Waals surface area contributed by atoms with Crippen molar-refractivity contribution in [1.82, 2.24) is 15.6 Å². The molecule has 0 aliphatic carbocycles. The van der Waals surface area contributed by atoms with Crippen LogP contribution in [-0.2, 0) is 16.0 Å². The van der Waals surface area contributed by atoms with Crippen LogP contribution < -0.4 is 10.6 Å². The lowest BCUT2D eigenvalue weighted by molar-refractivity contribution is -0.140. The van der Waals surface area contributed by atoms with Gasteiger partial charge in [0.15, 0.2) is 5.96 Å². The third-order valence-electron chi connectivity index (χ3n) is 2.78. The first-order chi connectivity index (χ1) is 9.56. The number of aliphatic imine (C=N–C) groups is 1. The standard InChI is InChI=1S/C13H22N4O2S/c1-9-10(2)20-11(17-9)5-7-15-13(14-3)16-8-6-12(18)19-4/h5-8H2,1-4H3,(H2,14,15,16). The van der Waals surface area contributed by atoms with Gasteiger partial charge in [0.25, 0.3) is 0 Å². The van der Waals surface area contributed by atoms with Crippen LogP contribution in [-0.4, -0.2) is 44.2 Å². The summed E-state index contributed by atoms with van der Waals surface area (Å²) in [5.74, 6) is 0.445. The molecule has 7 heteroatoms. The van der Waals surface area contributed by atoms with Crippen molar-refractivity contribution in [3.63, 3.8) is 0 Å². The Hall–Kier alpha value is -1.63. The van der Waals surface area contributed by atoms with Crippen molar-refractivity contribution in [2.75, 3.05) is 27.2 Å². The van der Waals surface area contributed by atoms with Gasteiger partial charge in [0.1, 0.15) is 0 Å². The summed E-state index contributed by atoms with van der Waals surface area (Å²) < 4.78 is 4.57. The number of carbonyl (C=O) groups excluding carboxylic acids is 1. The van der Waals surface area contributed by atoms with E-state index in [1.165, 1.54) is 12.0 Å². The van der Waals surface area contributed by atoms with E-state index in [0.29, 0.717) is 18.9 Å². The summed E-state index contributed by atoms with van der Waals surface area (Å²) >= 11 is 1.73. The summed E-state index contributed by atoms with van der Waals surface area (Å²) in [6.07, 6.45) is 1.18. The Morgan fingerprint density at radius 3 is 2.60 bits per heavy atom. The highest BCUT2D eigenvalue weighted by Gasteiger charge is 2.05. The van der Waals surface area contributed by atoms with Crippen LogP contribution in [0.5, 0.6) is 0 Å². The number of thiazole rings is 1. The molecule has 0 spiro atoms. The first-order valence-corrected chi connectivity index (χ1v) is 7.32. The number of nitrogens with zero attached hydrogens (tertiary/aromatic N) is 2. The lowest BCUT2D eigenvalue weighted by Gasteiger charge is -2.10. The predicted molar refractivity (Wildman–Crippen MR) is 81.3 cm³/mol. The van der Waals surface area contributed by atoms with E-state index in [0.717, 1.165) is 23.7 Å². The highest BCUT2D eigenvalue weighted by molar-refractivity contribution is 7.11. The number of hydrogen-bond acceptors (Lipinski definition) is 5. The quantitative estimate of drug-likeness (QED) is 0.466. The van der Waals surface area contributed by atoms with Crippen LogP contribution in [0.3, 0.4) is 0 Å². The van der Waals surface area contributed by atoms with Gasteiger partial charge in [-0.05, 0) is 13.8 Å². The fraction of sp³-hybridized carbons (Fsp3) is 0.615. The largest absolute Gasteiger partial charge is 0.469 e. The Morgan fingerprint density at radius 2 is 2.05 bits per heavy atom. The molecule has 0 bridgehead atoms. The number of rotatable bonds is 6. The molecule has 0 aliphatic rings. The van der Waals surface area contributed by atoms with Crippen LogP contribution in [0, 0.1) is 13.8 Å². The molecular formula is C13H22N4O2S. The van der Waals surface area contributed by atoms with E-state index in [9.17, 15) is 4.79 Å². The molecule has 1 rings (SSSR count). The van der Waals surface area contributed by atoms with Crippen molar-refractivity contribution in [3.05, 3.63) is 15.6 Å². The zero-order valence-corrected chi connectivity index (χ0v) is 13.3. The Kier molecular flexibility index (Phi) is 7.00. The molecule has 1 aromatic rings. The molecule has 20 heavy (non-hydrogen) atoms. The van der Waals surface area contributed by atoms with Crippen molar-refractivity contribution in [1.29, 1.82) is 0 Å². The number of guanidine groups is 1. The molecule has 2 N–H and O–H groups in total. The molecule has 0 saturated carbocycles. The van der Waals surface area contributed by atoms with E-state index in [1.807, 2.05) is 6.92 Å². The van der Waals surface area contributed by atoms with E-state index >= 15 is 0 Å². The summed E-state index contributed by atoms with van der Waals surface area (Å²) in [4.78, 5) is 20.8. The number of nitrogens with one attached hydrogen (secondary N) is 2. The van der Waals surface area contributed by atoms with Crippen LogP contribution in [0.25, 0.3) is 0 Å². The lowest BCUT2D eigenvalue weighted by atomic mass is 10.4. The van der Waals surface area contributed by atoms with E-state index < -0.39 is 0 Å². The second-order valence-corrected chi connectivity index (χ2v) is 5.54. The number of esters is 1. The SMILES string of the molecule is CN=C(NCCC(=O)OC)NCCc1nc(C)c(C)s1. The molecule has 0 radical (unpaired) electrons. The molecule has 0 aliphatic heterocycles. The number of aromatic nitrogens is 1. The fourth-order valence-electron chi connectivity index (χ4n) is 1.54. The van der Waals surface area contributed by atoms with Gasteiger partial charge in [-0.25, -0.2) is 4.98 Å². The topological polar surface area (TPSA) is 75.6 Å². The van der Waals surface area contributed by atoms with Crippen molar-refractivity contribution < 1.29 is 9.53 Å². The molecule has 1 heterocycles. The number of aryl methyl sites for hydroxylation is 2. The minimum atomic E-state index is -0.235. The van der Waals surface area contributed by atoms with Gasteiger partial charge in [-0.1, -0.05) is 0 Å². The van der Waals surface area contributed by atoms with Crippen molar-refractivity contribution >= 4 is 23.3 Å². The number of methoxy groups -OCH3 is 1. The van der Waals surface area contributed by atoms with Gasteiger partial charge in [-0.2, -0.15) is 0 Å². The van der Waals surface area contributed by atoms with E-state index in [2.05, 4.69) is 32.3 Å². The van der Waals surface area contributed by atoms with Gasteiger partial charge in [-0.3, -0.25) is 9.79 Å². The van der Waals surface area contributed by atoms with Crippen LogP contribution in [0.1, 0.15) is 22.0 Å². The van der Waals surface area contributed by atoms with Crippen LogP contribution in [0.15, 0.2) is 4.99 Å². The maximum absolute atomic E-state index is 11.0. The number of carbonyl (C=O) groups is 1. The molecule has 1 aromatic heterocycles. The van der Waals surface area contributed by atoms with Crippen LogP contribution >= 0.6 is 11.3 Å². The molecule has 0 saturated heterocycles. The first kappa shape index (κ1) is 16.4. The van der Waals surface area contributed by atoms with E-state index in [1.54, 1.807) is 18.4 Å². The molecule has 0 unspecified atom stereocenters. The highest BCUT2D eigenvalue weighted by atomic mass is 32.1. The second-order valence-electron chi connectivity index (χ2n) is 4.25. The molecule has 0 atom stereocenters. The number of ether oxygens (including phenoxy) is 1. The molecular weight excluding hydrogens is 276 g/mol. The first-order valence-electron chi connectivity index (χ1n) is 6.51. The van der Waals surface area contributed by atoms with Crippen LogP contribution in [0.2, 0.25) is 0 Å². The van der Waals surface area contributed by atoms with Gasteiger partial charge in [0.2, 0.25) is 0 Å². The second kappa shape index (κ2) is 8.52. The average Bonchev–Trinajstić information content (AvgIpc) is 2.75. The van der Waals surface area contributed by atoms with Crippen molar-refractivity contribution in [2.45, 2.75) is 26.7 Å². The Bertz CT molecular complexity index is 451. The maximum Gasteiger partial charge on any atom is 0.307 e. The zero-order chi connectivity index (χ0) is 15.0. The van der Waals surface area contributed by atoms with Gasteiger partial charge in [0, 0.05) is 31.4 Å². The molecule has 6 nitrogen and oxygen atoms in total. The lowest BCUT2D eigenvalue weighted by Crippen LogP contribution is -2.39. The van der Waals surface area contributed by atoms with Gasteiger partial charge < -0.3 is 15.4 Å². The third-order valence-corrected chi connectivity index (χ3v) is 3.91. The minimum Gasteiger partial charge on any atom is -0.469 e. The Morgan fingerprint density at radius 1 is 1.35 bits per heavy atom. The summed E-state index contributed by atoms with van der Waals surface area (Å²) in [6, 6.07) is 0. The minimum absolute atomic E-state index is 0.235. The summed E-state index contributed by atoms with van der Waals surface area (Å²) in [5.41, 5.74) is 1.10. The average molecular weight is 298 g/mol. The van der Waals surface area contributed by atoms with Gasteiger partial charge in [0.05, 0.1) is 24.2 Å². The normalized spacial score (nSPS) is 11.3.